The quantitative estimate of drug-likeness (QED) is 0.174. The fourth-order valence-electron chi connectivity index (χ4n) is 10.4. The summed E-state index contributed by atoms with van der Waals surface area (Å²) >= 11 is 0. The fourth-order valence-corrected chi connectivity index (χ4v) is 10.4. The fraction of sp³-hybridized carbons (Fsp3) is 0. The molecule has 0 saturated heterocycles. The van der Waals surface area contributed by atoms with Gasteiger partial charge >= 0.3 is 0 Å². The number of rotatable bonds is 5. The summed E-state index contributed by atoms with van der Waals surface area (Å²) in [4.78, 5) is 16.4. The Morgan fingerprint density at radius 1 is 0.246 bits per heavy atom. The summed E-state index contributed by atoms with van der Waals surface area (Å²) in [7, 11) is 0. The Kier molecular flexibility index (Phi) is 7.59. The molecule has 0 saturated carbocycles. The van der Waals surface area contributed by atoms with Crippen LogP contribution in [0.25, 0.3) is 127 Å². The average molecular weight is 829 g/mol. The highest BCUT2D eigenvalue weighted by atomic mass is 15.2. The van der Waals surface area contributed by atoms with Crippen LogP contribution in [0.1, 0.15) is 0 Å². The van der Waals surface area contributed by atoms with Gasteiger partial charge in [-0.05, 0) is 70.1 Å². The zero-order valence-electron chi connectivity index (χ0n) is 35.0. The van der Waals surface area contributed by atoms with E-state index in [4.69, 9.17) is 15.0 Å². The van der Waals surface area contributed by atoms with Crippen molar-refractivity contribution in [1.82, 2.24) is 28.7 Å². The van der Waals surface area contributed by atoms with Crippen molar-refractivity contribution in [1.29, 1.82) is 0 Å². The maximum Gasteiger partial charge on any atom is 0.238 e. The Labute approximate surface area is 372 Å². The van der Waals surface area contributed by atoms with Crippen molar-refractivity contribution in [2.45, 2.75) is 0 Å². The maximum absolute atomic E-state index is 5.51. The molecule has 0 unspecified atom stereocenters. The van der Waals surface area contributed by atoms with Gasteiger partial charge in [0, 0.05) is 54.8 Å². The minimum absolute atomic E-state index is 0.546. The van der Waals surface area contributed by atoms with Crippen molar-refractivity contribution in [3.8, 4) is 40.1 Å². The number of fused-ring (bicyclic) bond motifs is 11. The van der Waals surface area contributed by atoms with Crippen LogP contribution in [-0.4, -0.2) is 28.7 Å². The van der Waals surface area contributed by atoms with Gasteiger partial charge in [0.2, 0.25) is 5.95 Å². The molecule has 0 spiro atoms. The lowest BCUT2D eigenvalue weighted by Gasteiger charge is -2.14. The molecule has 0 aliphatic heterocycles. The van der Waals surface area contributed by atoms with Crippen LogP contribution in [0.4, 0.5) is 0 Å². The molecular weight excluding hydrogens is 793 g/mol. The van der Waals surface area contributed by atoms with Gasteiger partial charge < -0.3 is 9.13 Å². The molecule has 0 atom stereocenters. The third kappa shape index (κ3) is 5.31. The molecule has 0 aliphatic rings. The van der Waals surface area contributed by atoms with Gasteiger partial charge in [0.1, 0.15) is 0 Å². The minimum Gasteiger partial charge on any atom is -0.309 e. The maximum atomic E-state index is 5.51. The number of nitrogens with zero attached hydrogens (tertiary/aromatic N) is 6. The minimum atomic E-state index is 0.546. The van der Waals surface area contributed by atoms with Crippen LogP contribution in [0.15, 0.2) is 218 Å². The summed E-state index contributed by atoms with van der Waals surface area (Å²) in [6, 6.07) is 78.0. The molecule has 10 aromatic carbocycles. The van der Waals surface area contributed by atoms with Gasteiger partial charge in [-0.1, -0.05) is 170 Å². The molecule has 0 aliphatic carbocycles. The van der Waals surface area contributed by atoms with Crippen molar-refractivity contribution in [3.05, 3.63) is 218 Å². The van der Waals surface area contributed by atoms with Gasteiger partial charge in [0.05, 0.1) is 33.1 Å². The van der Waals surface area contributed by atoms with E-state index in [1.165, 1.54) is 21.5 Å². The lowest BCUT2D eigenvalue weighted by Crippen LogP contribution is -2.07. The zero-order valence-corrected chi connectivity index (χ0v) is 35.0. The summed E-state index contributed by atoms with van der Waals surface area (Å²) in [6.07, 6.45) is 0. The lowest BCUT2D eigenvalue weighted by molar-refractivity contribution is 0.954. The van der Waals surface area contributed by atoms with Crippen LogP contribution in [0.2, 0.25) is 0 Å². The lowest BCUT2D eigenvalue weighted by atomic mass is 10.0. The summed E-state index contributed by atoms with van der Waals surface area (Å²) in [6.45, 7) is 0. The van der Waals surface area contributed by atoms with Crippen molar-refractivity contribution in [3.63, 3.8) is 0 Å². The van der Waals surface area contributed by atoms with E-state index in [0.29, 0.717) is 17.6 Å². The van der Waals surface area contributed by atoms with Gasteiger partial charge in [-0.25, -0.2) is 4.98 Å². The van der Waals surface area contributed by atoms with Crippen LogP contribution >= 0.6 is 0 Å². The first-order valence-electron chi connectivity index (χ1n) is 22.0. The van der Waals surface area contributed by atoms with Gasteiger partial charge in [-0.15, -0.1) is 0 Å². The first-order chi connectivity index (χ1) is 32.2. The Morgan fingerprint density at radius 3 is 1.00 bits per heavy atom. The third-order valence-corrected chi connectivity index (χ3v) is 13.3. The SMILES string of the molecule is c1ccc2c(-c3nc(-c4cccc5ccccc45)nc(-n4c5cc(-n6c7ccccc7c7ccccc76)ccc5c5ccc(-n6c7ccccc7c7ccccc76)cc54)n3)cccc2c1. The monoisotopic (exact) mass is 828 g/mol. The topological polar surface area (TPSA) is 53.5 Å². The summed E-state index contributed by atoms with van der Waals surface area (Å²) in [5.41, 5.74) is 10.6. The van der Waals surface area contributed by atoms with E-state index in [-0.39, 0.29) is 0 Å². The summed E-state index contributed by atoms with van der Waals surface area (Å²) in [5, 5.41) is 11.5. The predicted octanol–water partition coefficient (Wildman–Crippen LogP) is 14.8. The molecule has 65 heavy (non-hydrogen) atoms. The Morgan fingerprint density at radius 2 is 0.585 bits per heavy atom. The Hall–Kier alpha value is -8.87. The van der Waals surface area contributed by atoms with E-state index in [1.807, 2.05) is 0 Å². The molecule has 4 heterocycles. The average Bonchev–Trinajstić information content (AvgIpc) is 4.01. The standard InChI is InChI=1S/C59H36N6/c1-3-19-41-37(15-1)17-13-25-49(41)57-60-58(50-26-14-18-38-16-2-4-20-42(38)50)62-59(61-57)65-55-35-39(63-51-27-9-5-21-43(51)44-22-6-10-28-52(44)63)31-33-47(55)48-34-32-40(36-56(48)65)64-53-29-11-7-23-45(53)46-24-8-12-30-54(46)64/h1-36H. The molecule has 0 fully saturated rings. The number of aromatic nitrogens is 6. The molecule has 6 heteroatoms. The van der Waals surface area contributed by atoms with Crippen molar-refractivity contribution in [2.24, 2.45) is 0 Å². The van der Waals surface area contributed by atoms with Crippen LogP contribution in [0.3, 0.4) is 0 Å². The van der Waals surface area contributed by atoms with Crippen LogP contribution in [0.5, 0.6) is 0 Å². The highest BCUT2D eigenvalue weighted by Gasteiger charge is 2.22. The van der Waals surface area contributed by atoms with Gasteiger partial charge in [0.15, 0.2) is 11.6 Å². The first-order valence-corrected chi connectivity index (χ1v) is 22.0. The van der Waals surface area contributed by atoms with E-state index >= 15 is 0 Å². The van der Waals surface area contributed by atoms with E-state index < -0.39 is 0 Å². The number of benzene rings is 10. The highest BCUT2D eigenvalue weighted by Crippen LogP contribution is 2.40. The molecule has 6 nitrogen and oxygen atoms in total. The highest BCUT2D eigenvalue weighted by molar-refractivity contribution is 6.13. The molecule has 0 bridgehead atoms. The number of hydrogen-bond donors (Lipinski definition) is 0. The molecule has 4 aromatic heterocycles. The van der Waals surface area contributed by atoms with E-state index in [9.17, 15) is 0 Å². The molecule has 0 N–H and O–H groups in total. The molecule has 14 aromatic rings. The first kappa shape index (κ1) is 35.7. The zero-order chi connectivity index (χ0) is 42.6. The second-order valence-corrected chi connectivity index (χ2v) is 16.8. The van der Waals surface area contributed by atoms with Gasteiger partial charge in [-0.3, -0.25) is 4.57 Å². The van der Waals surface area contributed by atoms with E-state index in [1.54, 1.807) is 0 Å². The largest absolute Gasteiger partial charge is 0.309 e. The molecule has 302 valence electrons. The molecule has 14 rings (SSSR count). The van der Waals surface area contributed by atoms with Crippen molar-refractivity contribution < 1.29 is 0 Å². The Bertz CT molecular complexity index is 3880. The molecule has 0 radical (unpaired) electrons. The second-order valence-electron chi connectivity index (χ2n) is 16.8. The normalized spacial score (nSPS) is 12.0. The Balaban J connectivity index is 1.12. The van der Waals surface area contributed by atoms with Crippen molar-refractivity contribution in [2.75, 3.05) is 0 Å². The van der Waals surface area contributed by atoms with Crippen LogP contribution < -0.4 is 0 Å². The van der Waals surface area contributed by atoms with Crippen LogP contribution in [0, 0.1) is 0 Å². The number of hydrogen-bond acceptors (Lipinski definition) is 3. The molecule has 0 amide bonds. The van der Waals surface area contributed by atoms with Gasteiger partial charge in [-0.2, -0.15) is 9.97 Å². The van der Waals surface area contributed by atoms with E-state index in [0.717, 1.165) is 87.9 Å². The molecular formula is C59H36N6. The predicted molar refractivity (Wildman–Crippen MR) is 269 cm³/mol. The number of para-hydroxylation sites is 4. The third-order valence-electron chi connectivity index (χ3n) is 13.3. The van der Waals surface area contributed by atoms with E-state index in [2.05, 4.69) is 232 Å². The second kappa shape index (κ2) is 13.8. The van der Waals surface area contributed by atoms with Crippen molar-refractivity contribution >= 4 is 87.0 Å². The smallest absolute Gasteiger partial charge is 0.238 e. The van der Waals surface area contributed by atoms with Gasteiger partial charge in [0.25, 0.3) is 0 Å². The summed E-state index contributed by atoms with van der Waals surface area (Å²) < 4.78 is 7.03. The summed E-state index contributed by atoms with van der Waals surface area (Å²) in [5.74, 6) is 1.77. The van der Waals surface area contributed by atoms with Crippen LogP contribution in [-0.2, 0) is 0 Å².